The summed E-state index contributed by atoms with van der Waals surface area (Å²) < 4.78 is 23.5. The van der Waals surface area contributed by atoms with Crippen LogP contribution in [0.4, 0.5) is 0 Å². The van der Waals surface area contributed by atoms with Gasteiger partial charge < -0.3 is 9.15 Å². The van der Waals surface area contributed by atoms with Crippen LogP contribution in [-0.2, 0) is 20.3 Å². The Kier molecular flexibility index (Phi) is 3.75. The average Bonchev–Trinajstić information content (AvgIpc) is 2.97. The molecule has 2 atom stereocenters. The zero-order valence-corrected chi connectivity index (χ0v) is 12.3. The Labute approximate surface area is 124 Å². The molecule has 5 heteroatoms. The van der Waals surface area contributed by atoms with Crippen LogP contribution in [-0.4, -0.2) is 9.99 Å². The summed E-state index contributed by atoms with van der Waals surface area (Å²) in [5.74, 6) is 0.418. The monoisotopic (exact) mass is 302 g/mol. The van der Waals surface area contributed by atoms with E-state index < -0.39 is 16.9 Å². The molecule has 1 aromatic heterocycles. The van der Waals surface area contributed by atoms with Crippen molar-refractivity contribution in [3.8, 4) is 0 Å². The van der Waals surface area contributed by atoms with Gasteiger partial charge in [0.25, 0.3) is 0 Å². The molecule has 0 saturated carbocycles. The Balaban J connectivity index is 1.91. The zero-order chi connectivity index (χ0) is 14.8. The van der Waals surface area contributed by atoms with Crippen molar-refractivity contribution in [1.29, 1.82) is 0 Å². The molecule has 0 amide bonds. The van der Waals surface area contributed by atoms with Crippen LogP contribution in [0.5, 0.6) is 0 Å². The van der Waals surface area contributed by atoms with Crippen molar-refractivity contribution in [2.24, 2.45) is 0 Å². The molecule has 0 bridgehead atoms. The summed E-state index contributed by atoms with van der Waals surface area (Å²) in [6.45, 7) is 1.98. The third-order valence-electron chi connectivity index (χ3n) is 3.27. The first-order chi connectivity index (χ1) is 10.1. The molecule has 3 rings (SSSR count). The fourth-order valence-corrected chi connectivity index (χ4v) is 3.33. The molecule has 0 fully saturated rings. The fraction of sp³-hybridized carbons (Fsp3) is 0.188. The lowest BCUT2D eigenvalue weighted by atomic mass is 10.1. The molecule has 2 heterocycles. The van der Waals surface area contributed by atoms with Crippen molar-refractivity contribution in [2.45, 2.75) is 29.2 Å². The SMILES string of the molecule is Cc1ccc([S@](=O)c2ccoc2[C@H]2CC(=O)C=CO2)cc1. The lowest BCUT2D eigenvalue weighted by molar-refractivity contribution is -0.118. The van der Waals surface area contributed by atoms with Gasteiger partial charge in [-0.25, -0.2) is 4.21 Å². The normalized spacial score (nSPS) is 19.3. The van der Waals surface area contributed by atoms with Crippen molar-refractivity contribution in [1.82, 2.24) is 0 Å². The van der Waals surface area contributed by atoms with Crippen LogP contribution in [0.2, 0.25) is 0 Å². The highest BCUT2D eigenvalue weighted by Crippen LogP contribution is 2.32. The van der Waals surface area contributed by atoms with Crippen LogP contribution >= 0.6 is 0 Å². The second-order valence-corrected chi connectivity index (χ2v) is 6.28. The molecule has 4 nitrogen and oxygen atoms in total. The first-order valence-electron chi connectivity index (χ1n) is 6.56. The quantitative estimate of drug-likeness (QED) is 0.873. The maximum atomic E-state index is 12.7. The number of ketones is 1. The average molecular weight is 302 g/mol. The molecule has 0 unspecified atom stereocenters. The maximum absolute atomic E-state index is 12.7. The van der Waals surface area contributed by atoms with Gasteiger partial charge in [-0.2, -0.15) is 0 Å². The Hall–Kier alpha value is -2.14. The molecular formula is C16H14O4S. The number of ether oxygens (including phenoxy) is 1. The van der Waals surface area contributed by atoms with Crippen LogP contribution < -0.4 is 0 Å². The van der Waals surface area contributed by atoms with Crippen LogP contribution in [0.1, 0.15) is 23.8 Å². The van der Waals surface area contributed by atoms with Crippen LogP contribution in [0.25, 0.3) is 0 Å². The molecule has 0 radical (unpaired) electrons. The van der Waals surface area contributed by atoms with Crippen molar-refractivity contribution < 1.29 is 18.2 Å². The molecule has 0 aliphatic carbocycles. The summed E-state index contributed by atoms with van der Waals surface area (Å²) in [5, 5.41) is 0. The number of hydrogen-bond acceptors (Lipinski definition) is 4. The first-order valence-corrected chi connectivity index (χ1v) is 7.71. The van der Waals surface area contributed by atoms with Crippen LogP contribution in [0.3, 0.4) is 0 Å². The third kappa shape index (κ3) is 2.83. The standard InChI is InChI=1S/C16H14O4S/c1-11-2-4-13(5-3-11)21(18)15-7-9-20-16(15)14-10-12(17)6-8-19-14/h2-9,14H,10H2,1H3/t14-,21+/m1/s1. The van der Waals surface area contributed by atoms with Crippen LogP contribution in [0.15, 0.2) is 63.1 Å². The smallest absolute Gasteiger partial charge is 0.164 e. The molecule has 2 aromatic rings. The maximum Gasteiger partial charge on any atom is 0.164 e. The molecule has 0 spiro atoms. The van der Waals surface area contributed by atoms with Crippen molar-refractivity contribution in [3.05, 3.63) is 60.3 Å². The number of rotatable bonds is 3. The highest BCUT2D eigenvalue weighted by molar-refractivity contribution is 7.85. The summed E-state index contributed by atoms with van der Waals surface area (Å²) >= 11 is 0. The summed E-state index contributed by atoms with van der Waals surface area (Å²) in [5.41, 5.74) is 1.11. The number of furan rings is 1. The van der Waals surface area contributed by atoms with Gasteiger partial charge in [0.05, 0.1) is 34.6 Å². The molecule has 1 aliphatic rings. The Morgan fingerprint density at radius 1 is 1.19 bits per heavy atom. The van der Waals surface area contributed by atoms with E-state index in [9.17, 15) is 9.00 Å². The Morgan fingerprint density at radius 2 is 1.95 bits per heavy atom. The van der Waals surface area contributed by atoms with Crippen molar-refractivity contribution in [2.75, 3.05) is 0 Å². The van der Waals surface area contributed by atoms with Gasteiger partial charge in [-0.05, 0) is 25.1 Å². The van der Waals surface area contributed by atoms with E-state index in [1.807, 2.05) is 31.2 Å². The van der Waals surface area contributed by atoms with E-state index in [0.29, 0.717) is 15.6 Å². The van der Waals surface area contributed by atoms with E-state index in [2.05, 4.69) is 0 Å². The van der Waals surface area contributed by atoms with E-state index >= 15 is 0 Å². The lowest BCUT2D eigenvalue weighted by Crippen LogP contribution is -2.12. The molecule has 21 heavy (non-hydrogen) atoms. The minimum atomic E-state index is -1.36. The van der Waals surface area contributed by atoms with Crippen LogP contribution in [0, 0.1) is 6.92 Å². The predicted molar refractivity (Wildman–Crippen MR) is 77.2 cm³/mol. The van der Waals surface area contributed by atoms with Gasteiger partial charge in [0, 0.05) is 11.0 Å². The van der Waals surface area contributed by atoms with Gasteiger partial charge in [-0.15, -0.1) is 0 Å². The van der Waals surface area contributed by atoms with E-state index in [1.165, 1.54) is 18.6 Å². The third-order valence-corrected chi connectivity index (χ3v) is 4.70. The second kappa shape index (κ2) is 5.69. The van der Waals surface area contributed by atoms with Gasteiger partial charge in [-0.1, -0.05) is 17.7 Å². The Morgan fingerprint density at radius 3 is 2.67 bits per heavy atom. The van der Waals surface area contributed by atoms with Gasteiger partial charge in [0.15, 0.2) is 17.6 Å². The van der Waals surface area contributed by atoms with E-state index in [1.54, 1.807) is 6.07 Å². The highest BCUT2D eigenvalue weighted by atomic mass is 32.2. The lowest BCUT2D eigenvalue weighted by Gasteiger charge is -2.17. The predicted octanol–water partition coefficient (Wildman–Crippen LogP) is 3.30. The van der Waals surface area contributed by atoms with Crippen molar-refractivity contribution >= 4 is 16.6 Å². The largest absolute Gasteiger partial charge is 0.489 e. The van der Waals surface area contributed by atoms with Gasteiger partial charge >= 0.3 is 0 Å². The summed E-state index contributed by atoms with van der Waals surface area (Å²) in [6.07, 6.45) is 3.90. The van der Waals surface area contributed by atoms with E-state index in [0.717, 1.165) is 5.56 Å². The Bertz CT molecular complexity index is 712. The van der Waals surface area contributed by atoms with Gasteiger partial charge in [-0.3, -0.25) is 4.79 Å². The van der Waals surface area contributed by atoms with E-state index in [-0.39, 0.29) is 12.2 Å². The second-order valence-electron chi connectivity index (χ2n) is 4.83. The molecule has 108 valence electrons. The fourth-order valence-electron chi connectivity index (χ4n) is 2.15. The molecule has 1 aliphatic heterocycles. The summed E-state index contributed by atoms with van der Waals surface area (Å²) in [6, 6.07) is 9.15. The summed E-state index contributed by atoms with van der Waals surface area (Å²) in [7, 11) is -1.36. The number of carbonyl (C=O) groups excluding carboxylic acids is 1. The number of allylic oxidation sites excluding steroid dienone is 1. The van der Waals surface area contributed by atoms with Gasteiger partial charge in [0.2, 0.25) is 0 Å². The number of hydrogen-bond donors (Lipinski definition) is 0. The summed E-state index contributed by atoms with van der Waals surface area (Å²) in [4.78, 5) is 12.7. The minimum absolute atomic E-state index is 0.0327. The highest BCUT2D eigenvalue weighted by Gasteiger charge is 2.27. The van der Waals surface area contributed by atoms with Crippen molar-refractivity contribution in [3.63, 3.8) is 0 Å². The zero-order valence-electron chi connectivity index (χ0n) is 11.4. The topological polar surface area (TPSA) is 56.5 Å². The first kappa shape index (κ1) is 13.8. The molecule has 0 N–H and O–H groups in total. The number of carbonyl (C=O) groups is 1. The number of aryl methyl sites for hydroxylation is 1. The van der Waals surface area contributed by atoms with E-state index in [4.69, 9.17) is 9.15 Å². The molecular weight excluding hydrogens is 288 g/mol. The number of benzene rings is 1. The minimum Gasteiger partial charge on any atom is -0.489 e. The van der Waals surface area contributed by atoms with Gasteiger partial charge in [0.1, 0.15) is 0 Å². The molecule has 1 aromatic carbocycles. The molecule has 0 saturated heterocycles.